The first-order valence-electron chi connectivity index (χ1n) is 9.65. The van der Waals surface area contributed by atoms with Gasteiger partial charge in [0.15, 0.2) is 6.61 Å². The van der Waals surface area contributed by atoms with Crippen molar-refractivity contribution in [1.82, 2.24) is 0 Å². The standard InChI is InChI=1S/C24H21FN2O3/c1-16-2-4-18(5-3-16)14-27-21-13-20(10-11-22(21)30-15-24(27)29)26-23(28)12-17-6-8-19(25)9-7-17/h2-11,13H,12,14-15H2,1H3,(H,26,28). The van der Waals surface area contributed by atoms with E-state index in [-0.39, 0.29) is 30.7 Å². The summed E-state index contributed by atoms with van der Waals surface area (Å²) in [7, 11) is 0. The minimum Gasteiger partial charge on any atom is -0.482 e. The summed E-state index contributed by atoms with van der Waals surface area (Å²) in [4.78, 5) is 26.6. The monoisotopic (exact) mass is 404 g/mol. The van der Waals surface area contributed by atoms with E-state index in [9.17, 15) is 14.0 Å². The number of rotatable bonds is 5. The lowest BCUT2D eigenvalue weighted by atomic mass is 10.1. The molecular weight excluding hydrogens is 383 g/mol. The largest absolute Gasteiger partial charge is 0.482 e. The molecular formula is C24H21FN2O3. The van der Waals surface area contributed by atoms with Gasteiger partial charge < -0.3 is 15.0 Å². The fraction of sp³-hybridized carbons (Fsp3) is 0.167. The number of carbonyl (C=O) groups excluding carboxylic acids is 2. The molecule has 2 amide bonds. The number of nitrogens with zero attached hydrogens (tertiary/aromatic N) is 1. The summed E-state index contributed by atoms with van der Waals surface area (Å²) >= 11 is 0. The van der Waals surface area contributed by atoms with Gasteiger partial charge in [0.1, 0.15) is 11.6 Å². The molecule has 30 heavy (non-hydrogen) atoms. The van der Waals surface area contributed by atoms with Crippen molar-refractivity contribution >= 4 is 23.2 Å². The van der Waals surface area contributed by atoms with Crippen molar-refractivity contribution in [2.75, 3.05) is 16.8 Å². The van der Waals surface area contributed by atoms with Crippen LogP contribution in [-0.2, 0) is 22.6 Å². The zero-order chi connectivity index (χ0) is 21.1. The van der Waals surface area contributed by atoms with Crippen molar-refractivity contribution in [2.45, 2.75) is 19.9 Å². The zero-order valence-corrected chi connectivity index (χ0v) is 16.5. The van der Waals surface area contributed by atoms with Crippen LogP contribution in [-0.4, -0.2) is 18.4 Å². The van der Waals surface area contributed by atoms with Crippen LogP contribution in [0.25, 0.3) is 0 Å². The first-order chi connectivity index (χ1) is 14.5. The van der Waals surface area contributed by atoms with Crippen molar-refractivity contribution in [2.24, 2.45) is 0 Å². The number of hydrogen-bond acceptors (Lipinski definition) is 3. The lowest BCUT2D eigenvalue weighted by Crippen LogP contribution is -2.38. The average molecular weight is 404 g/mol. The molecule has 3 aromatic rings. The van der Waals surface area contributed by atoms with Gasteiger partial charge in [-0.1, -0.05) is 42.0 Å². The van der Waals surface area contributed by atoms with Crippen molar-refractivity contribution in [3.8, 4) is 5.75 Å². The van der Waals surface area contributed by atoms with E-state index >= 15 is 0 Å². The van der Waals surface area contributed by atoms with Gasteiger partial charge in [0.25, 0.3) is 5.91 Å². The molecule has 0 radical (unpaired) electrons. The molecule has 0 aliphatic carbocycles. The van der Waals surface area contributed by atoms with E-state index in [1.807, 2.05) is 31.2 Å². The van der Waals surface area contributed by atoms with Gasteiger partial charge in [-0.2, -0.15) is 0 Å². The lowest BCUT2D eigenvalue weighted by molar-refractivity contribution is -0.121. The maximum absolute atomic E-state index is 13.0. The first kappa shape index (κ1) is 19.6. The van der Waals surface area contributed by atoms with Gasteiger partial charge in [0, 0.05) is 5.69 Å². The molecule has 6 heteroatoms. The quantitative estimate of drug-likeness (QED) is 0.692. The van der Waals surface area contributed by atoms with Gasteiger partial charge >= 0.3 is 0 Å². The second-order valence-corrected chi connectivity index (χ2v) is 7.29. The zero-order valence-electron chi connectivity index (χ0n) is 16.5. The smallest absolute Gasteiger partial charge is 0.265 e. The first-order valence-corrected chi connectivity index (χ1v) is 9.65. The molecule has 4 rings (SSSR count). The Morgan fingerprint density at radius 3 is 2.47 bits per heavy atom. The Kier molecular flexibility index (Phi) is 5.48. The van der Waals surface area contributed by atoms with Gasteiger partial charge in [-0.25, -0.2) is 4.39 Å². The molecule has 0 fully saturated rings. The Morgan fingerprint density at radius 1 is 1.03 bits per heavy atom. The summed E-state index contributed by atoms with van der Waals surface area (Å²) in [6, 6.07) is 19.0. The molecule has 0 aromatic heterocycles. The lowest BCUT2D eigenvalue weighted by Gasteiger charge is -2.30. The number of nitrogens with one attached hydrogen (secondary N) is 1. The van der Waals surface area contributed by atoms with Crippen LogP contribution in [0.1, 0.15) is 16.7 Å². The predicted molar refractivity (Wildman–Crippen MR) is 113 cm³/mol. The van der Waals surface area contributed by atoms with E-state index in [0.717, 1.165) is 11.1 Å². The van der Waals surface area contributed by atoms with Crippen molar-refractivity contribution in [1.29, 1.82) is 0 Å². The number of carbonyl (C=O) groups is 2. The number of ether oxygens (including phenoxy) is 1. The second kappa shape index (κ2) is 8.37. The second-order valence-electron chi connectivity index (χ2n) is 7.29. The highest BCUT2D eigenvalue weighted by molar-refractivity contribution is 5.99. The summed E-state index contributed by atoms with van der Waals surface area (Å²) < 4.78 is 18.6. The number of hydrogen-bond donors (Lipinski definition) is 1. The number of halogens is 1. The van der Waals surface area contributed by atoms with Gasteiger partial charge in [-0.05, 0) is 48.4 Å². The highest BCUT2D eigenvalue weighted by Gasteiger charge is 2.26. The fourth-order valence-electron chi connectivity index (χ4n) is 3.32. The van der Waals surface area contributed by atoms with Gasteiger partial charge in [-0.15, -0.1) is 0 Å². The Labute approximate surface area is 174 Å². The van der Waals surface area contributed by atoms with E-state index in [0.29, 0.717) is 29.2 Å². The maximum Gasteiger partial charge on any atom is 0.265 e. The van der Waals surface area contributed by atoms with E-state index in [1.54, 1.807) is 35.2 Å². The minimum absolute atomic E-state index is 0.0187. The van der Waals surface area contributed by atoms with Crippen LogP contribution >= 0.6 is 0 Å². The molecule has 0 atom stereocenters. The van der Waals surface area contributed by atoms with Crippen molar-refractivity contribution in [3.63, 3.8) is 0 Å². The molecule has 1 heterocycles. The molecule has 0 bridgehead atoms. The molecule has 0 saturated heterocycles. The van der Waals surface area contributed by atoms with E-state index in [1.165, 1.54) is 12.1 Å². The third kappa shape index (κ3) is 4.49. The van der Waals surface area contributed by atoms with Crippen molar-refractivity contribution < 1.29 is 18.7 Å². The van der Waals surface area contributed by atoms with Gasteiger partial charge in [0.05, 0.1) is 18.7 Å². The molecule has 0 spiro atoms. The topological polar surface area (TPSA) is 58.6 Å². The Bertz CT molecular complexity index is 1080. The molecule has 1 aliphatic rings. The normalized spacial score (nSPS) is 12.9. The highest BCUT2D eigenvalue weighted by Crippen LogP contribution is 2.35. The van der Waals surface area contributed by atoms with Crippen LogP contribution in [0.15, 0.2) is 66.7 Å². The van der Waals surface area contributed by atoms with Crippen LogP contribution in [0, 0.1) is 12.7 Å². The summed E-state index contributed by atoms with van der Waals surface area (Å²) in [5, 5.41) is 2.84. The van der Waals surface area contributed by atoms with E-state index < -0.39 is 0 Å². The molecule has 1 aliphatic heterocycles. The molecule has 5 nitrogen and oxygen atoms in total. The minimum atomic E-state index is -0.341. The summed E-state index contributed by atoms with van der Waals surface area (Å²) in [5.41, 5.74) is 4.05. The van der Waals surface area contributed by atoms with Crippen LogP contribution < -0.4 is 15.0 Å². The third-order valence-corrected chi connectivity index (χ3v) is 4.92. The van der Waals surface area contributed by atoms with Crippen LogP contribution in [0.4, 0.5) is 15.8 Å². The summed E-state index contributed by atoms with van der Waals surface area (Å²) in [6.07, 6.45) is 0.125. The fourth-order valence-corrected chi connectivity index (χ4v) is 3.32. The van der Waals surface area contributed by atoms with E-state index in [4.69, 9.17) is 4.74 Å². The maximum atomic E-state index is 13.0. The van der Waals surface area contributed by atoms with Crippen LogP contribution in [0.5, 0.6) is 5.75 Å². The Balaban J connectivity index is 1.52. The summed E-state index contributed by atoms with van der Waals surface area (Å²) in [5.74, 6) is -0.113. The Morgan fingerprint density at radius 2 is 1.73 bits per heavy atom. The molecule has 152 valence electrons. The SMILES string of the molecule is Cc1ccc(CN2C(=O)COc3ccc(NC(=O)Cc4ccc(F)cc4)cc32)cc1. The number of benzene rings is 3. The number of amides is 2. The number of aryl methyl sites for hydroxylation is 1. The third-order valence-electron chi connectivity index (χ3n) is 4.92. The van der Waals surface area contributed by atoms with Crippen molar-refractivity contribution in [3.05, 3.63) is 89.2 Å². The number of fused-ring (bicyclic) bond motifs is 1. The Hall–Kier alpha value is -3.67. The molecule has 1 N–H and O–H groups in total. The molecule has 0 saturated carbocycles. The average Bonchev–Trinajstić information content (AvgIpc) is 2.73. The molecule has 0 unspecified atom stereocenters. The molecule has 3 aromatic carbocycles. The van der Waals surface area contributed by atoms with Gasteiger partial charge in [-0.3, -0.25) is 9.59 Å². The van der Waals surface area contributed by atoms with E-state index in [2.05, 4.69) is 5.32 Å². The summed E-state index contributed by atoms with van der Waals surface area (Å²) in [6.45, 7) is 2.41. The highest BCUT2D eigenvalue weighted by atomic mass is 19.1. The number of anilines is 2. The van der Waals surface area contributed by atoms with Crippen LogP contribution in [0.3, 0.4) is 0 Å². The van der Waals surface area contributed by atoms with Crippen LogP contribution in [0.2, 0.25) is 0 Å². The predicted octanol–water partition coefficient (Wildman–Crippen LogP) is 4.24. The van der Waals surface area contributed by atoms with Gasteiger partial charge in [0.2, 0.25) is 5.91 Å².